The average molecular weight is 335 g/mol. The van der Waals surface area contributed by atoms with Crippen LogP contribution in [0.3, 0.4) is 0 Å². The fourth-order valence-corrected chi connectivity index (χ4v) is 2.13. The van der Waals surface area contributed by atoms with Crippen molar-refractivity contribution in [2.75, 3.05) is 18.4 Å². The summed E-state index contributed by atoms with van der Waals surface area (Å²) in [5.74, 6) is -0.957. The topological polar surface area (TPSA) is 75.7 Å². The molecule has 2 atom stereocenters. The summed E-state index contributed by atoms with van der Waals surface area (Å²) in [6.45, 7) is 4.53. The molecule has 1 saturated heterocycles. The Kier molecular flexibility index (Phi) is 6.27. The number of esters is 1. The molecule has 19 heavy (non-hydrogen) atoms. The van der Waals surface area contributed by atoms with Gasteiger partial charge in [0.15, 0.2) is 0 Å². The maximum Gasteiger partial charge on any atom is 0.308 e. The smallest absolute Gasteiger partial charge is 0.308 e. The van der Waals surface area contributed by atoms with E-state index in [2.05, 4.69) is 21.2 Å². The van der Waals surface area contributed by atoms with Crippen LogP contribution in [0.1, 0.15) is 26.7 Å². The zero-order valence-corrected chi connectivity index (χ0v) is 12.7. The number of nitrogens with zero attached hydrogens (tertiary/aromatic N) is 1. The minimum atomic E-state index is -0.768. The molecule has 0 bridgehead atoms. The number of piperazine rings is 1. The van der Waals surface area contributed by atoms with Gasteiger partial charge in [0, 0.05) is 13.1 Å². The first-order valence-corrected chi connectivity index (χ1v) is 7.44. The van der Waals surface area contributed by atoms with Gasteiger partial charge in [-0.05, 0) is 13.3 Å². The second kappa shape index (κ2) is 7.47. The quantitative estimate of drug-likeness (QED) is 0.584. The molecule has 0 aromatic rings. The van der Waals surface area contributed by atoms with Crippen molar-refractivity contribution in [2.45, 2.75) is 38.8 Å². The van der Waals surface area contributed by atoms with Crippen LogP contribution in [0.25, 0.3) is 0 Å². The first-order valence-electron chi connectivity index (χ1n) is 6.32. The Hall–Kier alpha value is -1.11. The number of rotatable bonds is 5. The van der Waals surface area contributed by atoms with Crippen LogP contribution in [-0.4, -0.2) is 53.2 Å². The molecule has 1 N–H and O–H groups in total. The van der Waals surface area contributed by atoms with Crippen molar-refractivity contribution in [3.8, 4) is 0 Å². The highest BCUT2D eigenvalue weighted by atomic mass is 79.9. The SMILES string of the molecule is CC[C@H](C)OC(=O)C[C@H]1C(=O)NCCN1C(=O)CBr. The third-order valence-electron chi connectivity index (χ3n) is 3.03. The number of alkyl halides is 1. The van der Waals surface area contributed by atoms with Gasteiger partial charge in [0.25, 0.3) is 0 Å². The van der Waals surface area contributed by atoms with Crippen LogP contribution in [0, 0.1) is 0 Å². The van der Waals surface area contributed by atoms with Crippen LogP contribution in [-0.2, 0) is 19.1 Å². The van der Waals surface area contributed by atoms with Crippen molar-refractivity contribution in [3.05, 3.63) is 0 Å². The molecule has 1 heterocycles. The summed E-state index contributed by atoms with van der Waals surface area (Å²) in [5, 5.41) is 2.79. The number of ether oxygens (including phenoxy) is 1. The number of hydrogen-bond acceptors (Lipinski definition) is 4. The van der Waals surface area contributed by atoms with Gasteiger partial charge in [0.2, 0.25) is 11.8 Å². The lowest BCUT2D eigenvalue weighted by Gasteiger charge is -2.34. The molecule has 1 fully saturated rings. The van der Waals surface area contributed by atoms with Crippen LogP contribution >= 0.6 is 15.9 Å². The van der Waals surface area contributed by atoms with Crippen molar-refractivity contribution in [3.63, 3.8) is 0 Å². The number of hydrogen-bond donors (Lipinski definition) is 1. The highest BCUT2D eigenvalue weighted by Crippen LogP contribution is 2.12. The highest BCUT2D eigenvalue weighted by molar-refractivity contribution is 9.09. The van der Waals surface area contributed by atoms with Gasteiger partial charge in [-0.3, -0.25) is 14.4 Å². The molecular formula is C12H19BrN2O4. The van der Waals surface area contributed by atoms with Crippen LogP contribution in [0.4, 0.5) is 0 Å². The molecule has 1 aliphatic rings. The Labute approximate surface area is 121 Å². The first kappa shape index (κ1) is 15.9. The summed E-state index contributed by atoms with van der Waals surface area (Å²) >= 11 is 3.08. The van der Waals surface area contributed by atoms with E-state index in [0.717, 1.165) is 0 Å². The summed E-state index contributed by atoms with van der Waals surface area (Å²) < 4.78 is 5.14. The molecule has 0 spiro atoms. The van der Waals surface area contributed by atoms with E-state index in [0.29, 0.717) is 19.5 Å². The van der Waals surface area contributed by atoms with E-state index in [1.807, 2.05) is 6.92 Å². The third kappa shape index (κ3) is 4.49. The minimum absolute atomic E-state index is 0.102. The summed E-state index contributed by atoms with van der Waals surface area (Å²) in [4.78, 5) is 36.7. The van der Waals surface area contributed by atoms with Crippen LogP contribution < -0.4 is 5.32 Å². The zero-order chi connectivity index (χ0) is 14.4. The molecule has 0 unspecified atom stereocenters. The van der Waals surface area contributed by atoms with Gasteiger partial charge in [-0.2, -0.15) is 0 Å². The minimum Gasteiger partial charge on any atom is -0.463 e. The molecule has 108 valence electrons. The number of amides is 2. The van der Waals surface area contributed by atoms with Crippen LogP contribution in [0.5, 0.6) is 0 Å². The Balaban J connectivity index is 2.67. The number of carbonyl (C=O) groups is 3. The molecule has 6 nitrogen and oxygen atoms in total. The van der Waals surface area contributed by atoms with Crippen LogP contribution in [0.15, 0.2) is 0 Å². The molecule has 2 amide bonds. The van der Waals surface area contributed by atoms with E-state index >= 15 is 0 Å². The molecular weight excluding hydrogens is 316 g/mol. The van der Waals surface area contributed by atoms with E-state index in [9.17, 15) is 14.4 Å². The van der Waals surface area contributed by atoms with Crippen molar-refractivity contribution < 1.29 is 19.1 Å². The second-order valence-electron chi connectivity index (χ2n) is 4.44. The maximum absolute atomic E-state index is 11.8. The summed E-state index contributed by atoms with van der Waals surface area (Å²) in [5.41, 5.74) is 0. The molecule has 0 radical (unpaired) electrons. The Bertz CT molecular complexity index is 362. The lowest BCUT2D eigenvalue weighted by Crippen LogP contribution is -2.58. The van der Waals surface area contributed by atoms with Gasteiger partial charge in [0.05, 0.1) is 17.9 Å². The number of nitrogens with one attached hydrogen (secondary N) is 1. The van der Waals surface area contributed by atoms with Gasteiger partial charge in [0.1, 0.15) is 6.04 Å². The lowest BCUT2D eigenvalue weighted by atomic mass is 10.1. The van der Waals surface area contributed by atoms with Crippen molar-refractivity contribution in [1.29, 1.82) is 0 Å². The van der Waals surface area contributed by atoms with Crippen molar-refractivity contribution >= 4 is 33.7 Å². The van der Waals surface area contributed by atoms with Gasteiger partial charge < -0.3 is 15.0 Å². The predicted octanol–water partition coefficient (Wildman–Crippen LogP) is 0.440. The number of halogens is 1. The van der Waals surface area contributed by atoms with E-state index < -0.39 is 12.0 Å². The number of carbonyl (C=O) groups excluding carboxylic acids is 3. The highest BCUT2D eigenvalue weighted by Gasteiger charge is 2.34. The molecule has 0 saturated carbocycles. The standard InChI is InChI=1S/C12H19BrN2O4/c1-3-8(2)19-11(17)6-9-12(18)14-4-5-15(9)10(16)7-13/h8-9H,3-7H2,1-2H3,(H,14,18)/t8-,9-/m0/s1. The molecule has 0 aromatic heterocycles. The van der Waals surface area contributed by atoms with E-state index in [1.54, 1.807) is 6.92 Å². The van der Waals surface area contributed by atoms with Gasteiger partial charge in [-0.25, -0.2) is 0 Å². The normalized spacial score (nSPS) is 20.7. The first-order chi connectivity index (χ1) is 8.99. The largest absolute Gasteiger partial charge is 0.463 e. The van der Waals surface area contributed by atoms with E-state index in [1.165, 1.54) is 4.90 Å². The zero-order valence-electron chi connectivity index (χ0n) is 11.1. The van der Waals surface area contributed by atoms with Crippen molar-refractivity contribution in [2.24, 2.45) is 0 Å². The Morgan fingerprint density at radius 2 is 2.26 bits per heavy atom. The Morgan fingerprint density at radius 3 is 2.84 bits per heavy atom. The van der Waals surface area contributed by atoms with Gasteiger partial charge in [-0.1, -0.05) is 22.9 Å². The summed E-state index contributed by atoms with van der Waals surface area (Å²) in [6, 6.07) is -0.768. The van der Waals surface area contributed by atoms with E-state index in [-0.39, 0.29) is 29.7 Å². The average Bonchev–Trinajstić information content (AvgIpc) is 2.39. The maximum atomic E-state index is 11.8. The molecule has 0 aromatic carbocycles. The molecule has 1 rings (SSSR count). The summed E-state index contributed by atoms with van der Waals surface area (Å²) in [6.07, 6.45) is 0.432. The fraction of sp³-hybridized carbons (Fsp3) is 0.750. The molecule has 0 aliphatic carbocycles. The van der Waals surface area contributed by atoms with Crippen LogP contribution in [0.2, 0.25) is 0 Å². The Morgan fingerprint density at radius 1 is 1.58 bits per heavy atom. The van der Waals surface area contributed by atoms with Crippen molar-refractivity contribution in [1.82, 2.24) is 10.2 Å². The fourth-order valence-electron chi connectivity index (χ4n) is 1.81. The monoisotopic (exact) mass is 334 g/mol. The van der Waals surface area contributed by atoms with Gasteiger partial charge >= 0.3 is 5.97 Å². The summed E-state index contributed by atoms with van der Waals surface area (Å²) in [7, 11) is 0. The second-order valence-corrected chi connectivity index (χ2v) is 5.00. The van der Waals surface area contributed by atoms with E-state index in [4.69, 9.17) is 4.74 Å². The predicted molar refractivity (Wildman–Crippen MR) is 72.8 cm³/mol. The molecule has 1 aliphatic heterocycles. The van der Waals surface area contributed by atoms with Gasteiger partial charge in [-0.15, -0.1) is 0 Å². The lowest BCUT2D eigenvalue weighted by molar-refractivity contribution is -0.154. The third-order valence-corrected chi connectivity index (χ3v) is 3.51. The molecule has 7 heteroatoms.